The van der Waals surface area contributed by atoms with Gasteiger partial charge in [-0.1, -0.05) is 23.2 Å². The number of hydrogen-bond acceptors (Lipinski definition) is 3. The summed E-state index contributed by atoms with van der Waals surface area (Å²) in [6, 6.07) is 6.59. The Morgan fingerprint density at radius 2 is 2.00 bits per heavy atom. The van der Waals surface area contributed by atoms with Crippen LogP contribution in [0.3, 0.4) is 0 Å². The maximum Gasteiger partial charge on any atom is 0.339 e. The highest BCUT2D eigenvalue weighted by molar-refractivity contribution is 6.31. The fourth-order valence-corrected chi connectivity index (χ4v) is 1.74. The number of rotatable bonds is 3. The number of nitrogens with one attached hydrogen (secondary N) is 1. The molecule has 2 aromatic rings. The predicted octanol–water partition coefficient (Wildman–Crippen LogP) is 3.97. The second-order valence-corrected chi connectivity index (χ2v) is 4.38. The van der Waals surface area contributed by atoms with E-state index in [0.29, 0.717) is 5.69 Å². The van der Waals surface area contributed by atoms with E-state index in [-0.39, 0.29) is 21.6 Å². The predicted molar refractivity (Wildman–Crippen MR) is 70.9 cm³/mol. The molecule has 0 aliphatic heterocycles. The molecule has 0 atom stereocenters. The molecule has 0 spiro atoms. The topological polar surface area (TPSA) is 62.2 Å². The molecule has 4 nitrogen and oxygen atoms in total. The highest BCUT2D eigenvalue weighted by atomic mass is 35.5. The van der Waals surface area contributed by atoms with Crippen LogP contribution in [-0.2, 0) is 0 Å². The van der Waals surface area contributed by atoms with Gasteiger partial charge in [0.1, 0.15) is 22.4 Å². The smallest absolute Gasteiger partial charge is 0.339 e. The number of pyridine rings is 1. The Bertz CT molecular complexity index is 650. The number of carbonyl (C=O) groups is 1. The van der Waals surface area contributed by atoms with Crippen molar-refractivity contribution in [3.8, 4) is 0 Å². The number of nitrogens with zero attached hydrogens (tertiary/aromatic N) is 1. The molecule has 98 valence electrons. The number of aromatic nitrogens is 1. The fraction of sp³-hybridized carbons (Fsp3) is 0. The van der Waals surface area contributed by atoms with E-state index in [1.165, 1.54) is 24.3 Å². The van der Waals surface area contributed by atoms with Gasteiger partial charge in [0.2, 0.25) is 0 Å². The van der Waals surface area contributed by atoms with Crippen molar-refractivity contribution in [2.75, 3.05) is 5.32 Å². The third-order valence-electron chi connectivity index (χ3n) is 2.27. The third-order valence-corrected chi connectivity index (χ3v) is 2.77. The molecule has 0 saturated carbocycles. The molecule has 1 heterocycles. The molecular formula is C12H7Cl2FN2O2. The molecule has 0 bridgehead atoms. The Hall–Kier alpha value is -1.85. The molecule has 2 N–H and O–H groups in total. The molecule has 0 saturated heterocycles. The number of carboxylic acids is 1. The largest absolute Gasteiger partial charge is 0.478 e. The SMILES string of the molecule is O=C(O)c1ccc(Cl)nc1Nc1ccc(F)c(Cl)c1. The molecule has 0 unspecified atom stereocenters. The first-order valence-electron chi connectivity index (χ1n) is 5.09. The number of benzene rings is 1. The first-order valence-corrected chi connectivity index (χ1v) is 5.85. The zero-order chi connectivity index (χ0) is 14.0. The minimum atomic E-state index is -1.15. The second kappa shape index (κ2) is 5.42. The van der Waals surface area contributed by atoms with Gasteiger partial charge in [-0.25, -0.2) is 14.2 Å². The molecular weight excluding hydrogens is 294 g/mol. The van der Waals surface area contributed by atoms with Crippen LogP contribution >= 0.6 is 23.2 Å². The molecule has 1 aromatic carbocycles. The van der Waals surface area contributed by atoms with Crippen molar-refractivity contribution < 1.29 is 14.3 Å². The van der Waals surface area contributed by atoms with Crippen LogP contribution in [0.2, 0.25) is 10.2 Å². The number of anilines is 2. The quantitative estimate of drug-likeness (QED) is 0.842. The number of aromatic carboxylic acids is 1. The van der Waals surface area contributed by atoms with E-state index in [2.05, 4.69) is 10.3 Å². The maximum atomic E-state index is 13.0. The summed E-state index contributed by atoms with van der Waals surface area (Å²) in [6.07, 6.45) is 0. The summed E-state index contributed by atoms with van der Waals surface area (Å²) in [5.41, 5.74) is 0.355. The van der Waals surface area contributed by atoms with E-state index < -0.39 is 11.8 Å². The highest BCUT2D eigenvalue weighted by Gasteiger charge is 2.12. The monoisotopic (exact) mass is 300 g/mol. The standard InChI is InChI=1S/C12H7Cl2FN2O2/c13-8-5-6(1-3-9(8)15)16-11-7(12(18)19)2-4-10(14)17-11/h1-5H,(H,16,17)(H,18,19). The lowest BCUT2D eigenvalue weighted by atomic mass is 10.2. The van der Waals surface area contributed by atoms with Crippen LogP contribution in [0.5, 0.6) is 0 Å². The summed E-state index contributed by atoms with van der Waals surface area (Å²) in [6.45, 7) is 0. The summed E-state index contributed by atoms with van der Waals surface area (Å²) < 4.78 is 13.0. The van der Waals surface area contributed by atoms with E-state index in [1.807, 2.05) is 0 Å². The number of halogens is 3. The van der Waals surface area contributed by atoms with E-state index in [9.17, 15) is 9.18 Å². The van der Waals surface area contributed by atoms with Gasteiger partial charge in [-0.3, -0.25) is 0 Å². The van der Waals surface area contributed by atoms with Gasteiger partial charge in [0.05, 0.1) is 5.02 Å². The van der Waals surface area contributed by atoms with Crippen LogP contribution in [0.4, 0.5) is 15.9 Å². The fourth-order valence-electron chi connectivity index (χ4n) is 1.41. The Morgan fingerprint density at radius 1 is 1.26 bits per heavy atom. The average Bonchev–Trinajstić information content (AvgIpc) is 2.33. The van der Waals surface area contributed by atoms with Crippen molar-refractivity contribution in [1.29, 1.82) is 0 Å². The normalized spacial score (nSPS) is 10.3. The first-order chi connectivity index (χ1) is 8.97. The Balaban J connectivity index is 2.39. The number of carboxylic acid groups (broad SMARTS) is 1. The minimum Gasteiger partial charge on any atom is -0.478 e. The summed E-state index contributed by atoms with van der Waals surface area (Å²) in [5, 5.41) is 11.8. The molecule has 7 heteroatoms. The van der Waals surface area contributed by atoms with Crippen LogP contribution < -0.4 is 5.32 Å². The Morgan fingerprint density at radius 3 is 2.63 bits per heavy atom. The average molecular weight is 301 g/mol. The van der Waals surface area contributed by atoms with Crippen LogP contribution in [-0.4, -0.2) is 16.1 Å². The van der Waals surface area contributed by atoms with Gasteiger partial charge in [0.15, 0.2) is 0 Å². The van der Waals surface area contributed by atoms with Crippen molar-refractivity contribution in [2.24, 2.45) is 0 Å². The second-order valence-electron chi connectivity index (χ2n) is 3.59. The summed E-state index contributed by atoms with van der Waals surface area (Å²) in [5.74, 6) is -1.66. The van der Waals surface area contributed by atoms with Crippen molar-refractivity contribution in [3.05, 3.63) is 51.9 Å². The van der Waals surface area contributed by atoms with Gasteiger partial charge >= 0.3 is 5.97 Å². The van der Waals surface area contributed by atoms with Crippen molar-refractivity contribution >= 4 is 40.7 Å². The minimum absolute atomic E-state index is 0.0511. The molecule has 0 fully saturated rings. The first kappa shape index (κ1) is 13.6. The summed E-state index contributed by atoms with van der Waals surface area (Å²) >= 11 is 11.3. The molecule has 0 aliphatic carbocycles. The van der Waals surface area contributed by atoms with Crippen molar-refractivity contribution in [1.82, 2.24) is 4.98 Å². The van der Waals surface area contributed by atoms with Crippen molar-refractivity contribution in [3.63, 3.8) is 0 Å². The maximum absolute atomic E-state index is 13.0. The lowest BCUT2D eigenvalue weighted by molar-refractivity contribution is 0.0697. The molecule has 0 radical (unpaired) electrons. The number of hydrogen-bond donors (Lipinski definition) is 2. The summed E-state index contributed by atoms with van der Waals surface area (Å²) in [4.78, 5) is 14.9. The van der Waals surface area contributed by atoms with Gasteiger partial charge in [0, 0.05) is 5.69 Å². The lowest BCUT2D eigenvalue weighted by Gasteiger charge is -2.09. The van der Waals surface area contributed by atoms with Crippen LogP contribution in [0.1, 0.15) is 10.4 Å². The third kappa shape index (κ3) is 3.13. The van der Waals surface area contributed by atoms with E-state index in [1.54, 1.807) is 0 Å². The zero-order valence-electron chi connectivity index (χ0n) is 9.32. The highest BCUT2D eigenvalue weighted by Crippen LogP contribution is 2.24. The Kier molecular flexibility index (Phi) is 3.87. The van der Waals surface area contributed by atoms with E-state index >= 15 is 0 Å². The van der Waals surface area contributed by atoms with Gasteiger partial charge in [0.25, 0.3) is 0 Å². The summed E-state index contributed by atoms with van der Waals surface area (Å²) in [7, 11) is 0. The zero-order valence-corrected chi connectivity index (χ0v) is 10.8. The van der Waals surface area contributed by atoms with Gasteiger partial charge < -0.3 is 10.4 Å². The van der Waals surface area contributed by atoms with Gasteiger partial charge in [-0.05, 0) is 30.3 Å². The van der Waals surface area contributed by atoms with Crippen LogP contribution in [0.15, 0.2) is 30.3 Å². The molecule has 2 rings (SSSR count). The van der Waals surface area contributed by atoms with Crippen LogP contribution in [0, 0.1) is 5.82 Å². The molecule has 19 heavy (non-hydrogen) atoms. The van der Waals surface area contributed by atoms with Gasteiger partial charge in [-0.2, -0.15) is 0 Å². The molecule has 1 aromatic heterocycles. The van der Waals surface area contributed by atoms with E-state index in [4.69, 9.17) is 28.3 Å². The van der Waals surface area contributed by atoms with Crippen molar-refractivity contribution in [2.45, 2.75) is 0 Å². The van der Waals surface area contributed by atoms with Crippen LogP contribution in [0.25, 0.3) is 0 Å². The molecule has 0 aliphatic rings. The Labute approximate surface area is 117 Å². The van der Waals surface area contributed by atoms with Gasteiger partial charge in [-0.15, -0.1) is 0 Å². The molecule has 0 amide bonds. The lowest BCUT2D eigenvalue weighted by Crippen LogP contribution is -2.05. The van der Waals surface area contributed by atoms with E-state index in [0.717, 1.165) is 6.07 Å².